The van der Waals surface area contributed by atoms with Gasteiger partial charge in [-0.2, -0.15) is 0 Å². The van der Waals surface area contributed by atoms with E-state index in [-0.39, 0.29) is 5.91 Å². The molecule has 5 heteroatoms. The van der Waals surface area contributed by atoms with Crippen molar-refractivity contribution in [3.05, 3.63) is 24.3 Å². The maximum absolute atomic E-state index is 12.8. The lowest BCUT2D eigenvalue weighted by atomic mass is 9.83. The molecule has 2 aliphatic heterocycles. The number of nitrogens with zero attached hydrogens (tertiary/aromatic N) is 4. The molecule has 126 valence electrons. The van der Waals surface area contributed by atoms with E-state index in [9.17, 15) is 4.79 Å². The van der Waals surface area contributed by atoms with E-state index in [1.165, 1.54) is 19.4 Å². The lowest BCUT2D eigenvalue weighted by Crippen LogP contribution is -2.56. The minimum atomic E-state index is 0.0587. The van der Waals surface area contributed by atoms with Crippen LogP contribution in [0.25, 0.3) is 0 Å². The van der Waals surface area contributed by atoms with Crippen LogP contribution in [-0.2, 0) is 0 Å². The van der Waals surface area contributed by atoms with Crippen LogP contribution < -0.4 is 0 Å². The lowest BCUT2D eigenvalue weighted by Gasteiger charge is -2.47. The first-order valence-corrected chi connectivity index (χ1v) is 8.94. The first kappa shape index (κ1) is 16.4. The van der Waals surface area contributed by atoms with Crippen LogP contribution in [0.4, 0.5) is 0 Å². The van der Waals surface area contributed by atoms with Crippen LogP contribution in [0.2, 0.25) is 0 Å². The molecule has 0 spiro atoms. The van der Waals surface area contributed by atoms with E-state index in [1.54, 1.807) is 18.6 Å². The van der Waals surface area contributed by atoms with Gasteiger partial charge in [-0.3, -0.25) is 9.78 Å². The van der Waals surface area contributed by atoms with E-state index >= 15 is 0 Å². The van der Waals surface area contributed by atoms with Crippen molar-refractivity contribution in [1.82, 2.24) is 19.8 Å². The zero-order valence-corrected chi connectivity index (χ0v) is 14.3. The molecule has 2 fully saturated rings. The number of carbonyl (C=O) groups excluding carboxylic acids is 1. The van der Waals surface area contributed by atoms with Gasteiger partial charge >= 0.3 is 0 Å². The van der Waals surface area contributed by atoms with Crippen LogP contribution in [0.1, 0.15) is 50.0 Å². The first-order chi connectivity index (χ1) is 11.1. The largest absolute Gasteiger partial charge is 0.334 e. The maximum Gasteiger partial charge on any atom is 0.274 e. The predicted molar refractivity (Wildman–Crippen MR) is 90.1 cm³/mol. The Morgan fingerprint density at radius 3 is 2.91 bits per heavy atom. The number of likely N-dealkylation sites (tertiary alicyclic amines) is 2. The average Bonchev–Trinajstić information content (AvgIpc) is 2.59. The second-order valence-corrected chi connectivity index (χ2v) is 7.33. The predicted octanol–water partition coefficient (Wildman–Crippen LogP) is 2.45. The van der Waals surface area contributed by atoms with Crippen LogP contribution >= 0.6 is 0 Å². The van der Waals surface area contributed by atoms with Gasteiger partial charge < -0.3 is 9.80 Å². The van der Waals surface area contributed by atoms with Crippen molar-refractivity contribution < 1.29 is 4.79 Å². The zero-order valence-electron chi connectivity index (χ0n) is 14.3. The van der Waals surface area contributed by atoms with Crippen molar-refractivity contribution in [2.24, 2.45) is 11.8 Å². The number of hydrogen-bond donors (Lipinski definition) is 0. The summed E-state index contributed by atoms with van der Waals surface area (Å²) in [5.74, 6) is 1.43. The summed E-state index contributed by atoms with van der Waals surface area (Å²) in [6.45, 7) is 8.88. The molecule has 23 heavy (non-hydrogen) atoms. The summed E-state index contributed by atoms with van der Waals surface area (Å²) in [6, 6.07) is 0.383. The number of amides is 1. The van der Waals surface area contributed by atoms with Crippen molar-refractivity contribution in [2.75, 3.05) is 26.2 Å². The molecule has 0 bridgehead atoms. The van der Waals surface area contributed by atoms with Gasteiger partial charge in [0, 0.05) is 38.1 Å². The Kier molecular flexibility index (Phi) is 5.26. The molecule has 0 aromatic carbocycles. The van der Waals surface area contributed by atoms with Gasteiger partial charge in [-0.25, -0.2) is 4.98 Å². The Hall–Kier alpha value is -1.49. The molecule has 1 aromatic rings. The molecule has 0 saturated carbocycles. The number of hydrogen-bond acceptors (Lipinski definition) is 4. The molecule has 0 aliphatic carbocycles. The van der Waals surface area contributed by atoms with Gasteiger partial charge in [0.15, 0.2) is 0 Å². The number of fused-ring (bicyclic) bond motifs is 1. The zero-order chi connectivity index (χ0) is 16.2. The monoisotopic (exact) mass is 316 g/mol. The standard InChI is InChI=1S/C18H28N4O/c1-14(2)5-10-21-11-6-17-15(13-21)4-3-9-22(17)18(23)16-12-19-7-8-20-16/h7-8,12,14-15,17H,3-6,9-11,13H2,1-2H3/t15-,17-/m1/s1. The highest BCUT2D eigenvalue weighted by Crippen LogP contribution is 2.31. The molecule has 2 saturated heterocycles. The van der Waals surface area contributed by atoms with Crippen molar-refractivity contribution in [1.29, 1.82) is 0 Å². The van der Waals surface area contributed by atoms with E-state index in [2.05, 4.69) is 33.6 Å². The van der Waals surface area contributed by atoms with Gasteiger partial charge in [-0.1, -0.05) is 13.8 Å². The van der Waals surface area contributed by atoms with Gasteiger partial charge in [0.2, 0.25) is 0 Å². The van der Waals surface area contributed by atoms with Crippen LogP contribution in [-0.4, -0.2) is 57.9 Å². The molecule has 2 atom stereocenters. The Morgan fingerprint density at radius 2 is 2.17 bits per heavy atom. The molecule has 3 heterocycles. The summed E-state index contributed by atoms with van der Waals surface area (Å²) in [5, 5.41) is 0. The Bertz CT molecular complexity index is 519. The van der Waals surface area contributed by atoms with Crippen molar-refractivity contribution in [3.8, 4) is 0 Å². The summed E-state index contributed by atoms with van der Waals surface area (Å²) < 4.78 is 0. The lowest BCUT2D eigenvalue weighted by molar-refractivity contribution is 0.0189. The number of aromatic nitrogens is 2. The molecular weight excluding hydrogens is 288 g/mol. The van der Waals surface area contributed by atoms with Crippen molar-refractivity contribution in [3.63, 3.8) is 0 Å². The van der Waals surface area contributed by atoms with Gasteiger partial charge in [0.25, 0.3) is 5.91 Å². The minimum absolute atomic E-state index is 0.0587. The van der Waals surface area contributed by atoms with Crippen LogP contribution in [0.3, 0.4) is 0 Å². The smallest absolute Gasteiger partial charge is 0.274 e. The third kappa shape index (κ3) is 3.89. The van der Waals surface area contributed by atoms with Crippen LogP contribution in [0, 0.1) is 11.8 Å². The van der Waals surface area contributed by atoms with Crippen LogP contribution in [0.5, 0.6) is 0 Å². The number of rotatable bonds is 4. The summed E-state index contributed by atoms with van der Waals surface area (Å²) in [6.07, 6.45) is 9.50. The summed E-state index contributed by atoms with van der Waals surface area (Å²) in [7, 11) is 0. The normalized spacial score (nSPS) is 25.4. The second kappa shape index (κ2) is 7.39. The highest BCUT2D eigenvalue weighted by molar-refractivity contribution is 5.92. The molecule has 2 aliphatic rings. The van der Waals surface area contributed by atoms with Crippen LogP contribution in [0.15, 0.2) is 18.6 Å². The van der Waals surface area contributed by atoms with E-state index in [0.29, 0.717) is 17.7 Å². The fourth-order valence-corrected chi connectivity index (χ4v) is 3.93. The second-order valence-electron chi connectivity index (χ2n) is 7.33. The Labute approximate surface area is 139 Å². The Balaban J connectivity index is 1.64. The van der Waals surface area contributed by atoms with Gasteiger partial charge in [0.05, 0.1) is 6.20 Å². The summed E-state index contributed by atoms with van der Waals surface area (Å²) >= 11 is 0. The molecule has 5 nitrogen and oxygen atoms in total. The highest BCUT2D eigenvalue weighted by atomic mass is 16.2. The average molecular weight is 316 g/mol. The number of piperidine rings is 2. The quantitative estimate of drug-likeness (QED) is 0.856. The SMILES string of the molecule is CC(C)CCN1CC[C@@H]2[C@H](CCCN2C(=O)c2cnccn2)C1. The molecule has 1 aromatic heterocycles. The number of carbonyl (C=O) groups is 1. The van der Waals surface area contributed by atoms with E-state index in [4.69, 9.17) is 0 Å². The maximum atomic E-state index is 12.8. The minimum Gasteiger partial charge on any atom is -0.334 e. The topological polar surface area (TPSA) is 49.3 Å². The van der Waals surface area contributed by atoms with Gasteiger partial charge in [-0.15, -0.1) is 0 Å². The van der Waals surface area contributed by atoms with E-state index in [1.807, 2.05) is 0 Å². The summed E-state index contributed by atoms with van der Waals surface area (Å²) in [4.78, 5) is 25.7. The highest BCUT2D eigenvalue weighted by Gasteiger charge is 2.38. The fourth-order valence-electron chi connectivity index (χ4n) is 3.93. The Morgan fingerprint density at radius 1 is 1.30 bits per heavy atom. The van der Waals surface area contributed by atoms with Gasteiger partial charge in [0.1, 0.15) is 5.69 Å². The molecule has 0 radical (unpaired) electrons. The summed E-state index contributed by atoms with van der Waals surface area (Å²) in [5.41, 5.74) is 0.482. The van der Waals surface area contributed by atoms with Gasteiger partial charge in [-0.05, 0) is 44.1 Å². The van der Waals surface area contributed by atoms with E-state index < -0.39 is 0 Å². The van der Waals surface area contributed by atoms with Crippen molar-refractivity contribution >= 4 is 5.91 Å². The molecule has 3 rings (SSSR count). The molecular formula is C18H28N4O. The molecule has 0 unspecified atom stereocenters. The third-order valence-corrected chi connectivity index (χ3v) is 5.22. The molecule has 1 amide bonds. The first-order valence-electron chi connectivity index (χ1n) is 8.94. The van der Waals surface area contributed by atoms with E-state index in [0.717, 1.165) is 38.4 Å². The van der Waals surface area contributed by atoms with Crippen molar-refractivity contribution in [2.45, 2.75) is 45.6 Å². The third-order valence-electron chi connectivity index (χ3n) is 5.22. The molecule has 0 N–H and O–H groups in total. The fraction of sp³-hybridized carbons (Fsp3) is 0.722.